The third kappa shape index (κ3) is 4.28. The lowest BCUT2D eigenvalue weighted by Gasteiger charge is -2.12. The summed E-state index contributed by atoms with van der Waals surface area (Å²) in [5.41, 5.74) is -3.47. The van der Waals surface area contributed by atoms with Gasteiger partial charge in [0.2, 0.25) is 17.4 Å². The molecule has 0 fully saturated rings. The molecule has 0 spiro atoms. The molecule has 3 rings (SSSR count). The van der Waals surface area contributed by atoms with E-state index in [4.69, 9.17) is 18.6 Å². The van der Waals surface area contributed by atoms with Gasteiger partial charge in [-0.15, -0.1) is 0 Å². The molecule has 10 heteroatoms. The van der Waals surface area contributed by atoms with Crippen LogP contribution in [0.5, 0.6) is 0 Å². The van der Waals surface area contributed by atoms with Crippen molar-refractivity contribution < 1.29 is 45.0 Å². The molecule has 2 N–H and O–H groups in total. The molecule has 2 aromatic rings. The first-order chi connectivity index (χ1) is 16.0. The summed E-state index contributed by atoms with van der Waals surface area (Å²) in [5, 5.41) is 0. The van der Waals surface area contributed by atoms with E-state index in [0.29, 0.717) is 0 Å². The summed E-state index contributed by atoms with van der Waals surface area (Å²) in [6.07, 6.45) is -8.70. The number of ether oxygens (including phenoxy) is 1. The van der Waals surface area contributed by atoms with E-state index < -0.39 is 86.6 Å². The summed E-state index contributed by atoms with van der Waals surface area (Å²) in [4.78, 5) is 13.0. The van der Waals surface area contributed by atoms with Gasteiger partial charge in [0.25, 0.3) is 0 Å². The fourth-order valence-corrected chi connectivity index (χ4v) is 3.19. The summed E-state index contributed by atoms with van der Waals surface area (Å²) in [6, 6.07) is 1.26. The van der Waals surface area contributed by atoms with Crippen molar-refractivity contribution in [3.05, 3.63) is 82.8 Å². The standard InChI is InChI=1S/C18H14F3NO5S/c19-18(20,21)13-8-6-12(7-9-13)15-14(23)16(17(22)26-15)27-28(24,25)10-11-4-2-1-3-5-11/h1-9,15H,10,22H2/t15-/m0/s1/i6D,7D,8D,9D,15D/hD2. The van der Waals surface area contributed by atoms with Gasteiger partial charge in [0, 0.05) is 5.56 Å². The molecule has 0 saturated carbocycles. The molecule has 0 amide bonds. The fourth-order valence-electron chi connectivity index (χ4n) is 2.13. The Hall–Kier alpha value is -3.01. The Morgan fingerprint density at radius 2 is 1.86 bits per heavy atom. The van der Waals surface area contributed by atoms with Crippen molar-refractivity contribution in [1.29, 1.82) is 0 Å². The molecule has 2 aromatic carbocycles. The number of nitrogens with two attached hydrogens (primary N) is 1. The maximum absolute atomic E-state index is 13.2. The van der Waals surface area contributed by atoms with Gasteiger partial charge in [0.15, 0.2) is 8.90 Å². The minimum absolute atomic E-state index is 0.217. The molecule has 0 radical (unpaired) electrons. The third-order valence-corrected chi connectivity index (χ3v) is 4.45. The molecular weight excluding hydrogens is 399 g/mol. The van der Waals surface area contributed by atoms with Crippen LogP contribution in [0, 0.1) is 0 Å². The molecule has 28 heavy (non-hydrogen) atoms. The topological polar surface area (TPSA) is 95.7 Å². The van der Waals surface area contributed by atoms with Gasteiger partial charge < -0.3 is 14.6 Å². The molecule has 6 nitrogen and oxygen atoms in total. The normalized spacial score (nSPS) is 23.5. The predicted octanol–water partition coefficient (Wildman–Crippen LogP) is 3.02. The van der Waals surface area contributed by atoms with Crippen molar-refractivity contribution in [3.8, 4) is 0 Å². The van der Waals surface area contributed by atoms with Gasteiger partial charge in [0.05, 0.1) is 12.4 Å². The van der Waals surface area contributed by atoms with Gasteiger partial charge in [-0.1, -0.05) is 42.4 Å². The van der Waals surface area contributed by atoms with Gasteiger partial charge in [0.1, 0.15) is 5.75 Å². The Morgan fingerprint density at radius 3 is 2.43 bits per heavy atom. The molecule has 0 saturated heterocycles. The van der Waals surface area contributed by atoms with Crippen LogP contribution in [0.4, 0.5) is 13.2 Å². The van der Waals surface area contributed by atoms with Crippen molar-refractivity contribution in [2.45, 2.75) is 18.0 Å². The van der Waals surface area contributed by atoms with Crippen molar-refractivity contribution in [1.82, 2.24) is 0 Å². The molecule has 1 heterocycles. The second-order valence-corrected chi connectivity index (χ2v) is 6.98. The number of halogens is 3. The maximum Gasteiger partial charge on any atom is 0.416 e. The van der Waals surface area contributed by atoms with Crippen LogP contribution in [0.1, 0.15) is 29.6 Å². The highest BCUT2D eigenvalue weighted by Gasteiger charge is 2.40. The molecule has 0 aliphatic carbocycles. The summed E-state index contributed by atoms with van der Waals surface area (Å²) in [7, 11) is -4.66. The Morgan fingerprint density at radius 1 is 1.21 bits per heavy atom. The second kappa shape index (κ2) is 7.19. The van der Waals surface area contributed by atoms with E-state index in [2.05, 4.69) is 0 Å². The molecule has 148 valence electrons. The Balaban J connectivity index is 2.11. The Labute approximate surface area is 168 Å². The largest absolute Gasteiger partial charge is 0.460 e. The molecule has 1 aliphatic rings. The second-order valence-electron chi connectivity index (χ2n) is 5.41. The molecular formula is C18H14F3NO5S. The van der Waals surface area contributed by atoms with Crippen molar-refractivity contribution >= 4 is 15.9 Å². The molecule has 1 atom stereocenters. The number of benzene rings is 2. The van der Waals surface area contributed by atoms with Gasteiger partial charge in [-0.3, -0.25) is 4.79 Å². The van der Waals surface area contributed by atoms with E-state index in [1.54, 1.807) is 6.07 Å². The number of carbonyl (C=O) groups excluding carboxylic acids is 1. The van der Waals surface area contributed by atoms with Crippen LogP contribution in [0.3, 0.4) is 0 Å². The SMILES string of the molecule is [2H]c1c([2H])c([C@]2([2H])OC(N([2H])[2H])=C(OS(=O)(=O)Cc3ccccc3)C2=O)c([2H])c([2H])c1C(F)(F)F. The van der Waals surface area contributed by atoms with Crippen LogP contribution in [0.25, 0.3) is 0 Å². The first-order valence-corrected chi connectivity index (χ1v) is 8.99. The van der Waals surface area contributed by atoms with Crippen molar-refractivity contribution in [3.63, 3.8) is 0 Å². The van der Waals surface area contributed by atoms with Crippen LogP contribution >= 0.6 is 0 Å². The first kappa shape index (κ1) is 12.4. The highest BCUT2D eigenvalue weighted by atomic mass is 32.2. The first-order valence-electron chi connectivity index (χ1n) is 10.8. The van der Waals surface area contributed by atoms with E-state index >= 15 is 0 Å². The highest BCUT2D eigenvalue weighted by molar-refractivity contribution is 7.86. The lowest BCUT2D eigenvalue weighted by atomic mass is 10.0. The summed E-state index contributed by atoms with van der Waals surface area (Å²) in [5.74, 6) is -5.19. The highest BCUT2D eigenvalue weighted by Crippen LogP contribution is 2.35. The quantitative estimate of drug-likeness (QED) is 0.722. The monoisotopic (exact) mass is 420 g/mol. The summed E-state index contributed by atoms with van der Waals surface area (Å²) >= 11 is 0. The zero-order valence-corrected chi connectivity index (χ0v) is 14.4. The number of hydrogen-bond donors (Lipinski definition) is 1. The summed E-state index contributed by atoms with van der Waals surface area (Å²) < 4.78 is 128. The van der Waals surface area contributed by atoms with E-state index in [0.717, 1.165) is 0 Å². The third-order valence-electron chi connectivity index (χ3n) is 3.34. The Bertz CT molecular complexity index is 1310. The predicted molar refractivity (Wildman–Crippen MR) is 91.6 cm³/mol. The van der Waals surface area contributed by atoms with Crippen LogP contribution in [-0.2, 0) is 35.8 Å². The number of Topliss-reactive ketones (excluding diaryl/α,β-unsaturated/α-hetero) is 1. The number of ketones is 1. The van der Waals surface area contributed by atoms with Crippen LogP contribution in [0.15, 0.2) is 66.1 Å². The van der Waals surface area contributed by atoms with E-state index in [-0.39, 0.29) is 5.56 Å². The van der Waals surface area contributed by atoms with E-state index in [1.165, 1.54) is 24.3 Å². The Kier molecular flexibility index (Phi) is 3.20. The minimum Gasteiger partial charge on any atom is -0.460 e. The van der Waals surface area contributed by atoms with Gasteiger partial charge in [-0.25, -0.2) is 0 Å². The number of carbonyl (C=O) groups is 1. The lowest BCUT2D eigenvalue weighted by molar-refractivity contribution is -0.137. The van der Waals surface area contributed by atoms with Crippen LogP contribution in [-0.4, -0.2) is 14.2 Å². The zero-order valence-electron chi connectivity index (χ0n) is 20.6. The number of rotatable bonds is 6. The molecule has 0 unspecified atom stereocenters. The van der Waals surface area contributed by atoms with Gasteiger partial charge in [-0.05, 0) is 17.6 Å². The lowest BCUT2D eigenvalue weighted by Crippen LogP contribution is -2.16. The van der Waals surface area contributed by atoms with Crippen LogP contribution < -0.4 is 5.72 Å². The van der Waals surface area contributed by atoms with Crippen molar-refractivity contribution in [2.75, 3.05) is 0 Å². The molecule has 0 bridgehead atoms. The summed E-state index contributed by atoms with van der Waals surface area (Å²) in [6.45, 7) is 0. The smallest absolute Gasteiger partial charge is 0.416 e. The average molecular weight is 420 g/mol. The minimum atomic E-state index is -5.31. The van der Waals surface area contributed by atoms with E-state index in [9.17, 15) is 26.4 Å². The van der Waals surface area contributed by atoms with Gasteiger partial charge in [-0.2, -0.15) is 21.6 Å². The van der Waals surface area contributed by atoms with Crippen LogP contribution in [0.2, 0.25) is 2.82 Å². The van der Waals surface area contributed by atoms with Crippen molar-refractivity contribution in [2.24, 2.45) is 5.72 Å². The zero-order chi connectivity index (χ0) is 26.5. The molecule has 0 aromatic heterocycles. The maximum atomic E-state index is 13.2. The average Bonchev–Trinajstić information content (AvgIpc) is 2.97. The van der Waals surface area contributed by atoms with E-state index in [1.807, 2.05) is 0 Å². The fraction of sp³-hybridized carbons (Fsp3) is 0.167. The number of hydrogen-bond acceptors (Lipinski definition) is 6. The van der Waals surface area contributed by atoms with Gasteiger partial charge >= 0.3 is 16.3 Å². The molecule has 1 aliphatic heterocycles. The number of alkyl halides is 3.